The van der Waals surface area contributed by atoms with Gasteiger partial charge in [-0.05, 0) is 19.8 Å². The Labute approximate surface area is 131 Å². The van der Waals surface area contributed by atoms with Gasteiger partial charge in [0.1, 0.15) is 0 Å². The van der Waals surface area contributed by atoms with Gasteiger partial charge in [-0.25, -0.2) is 0 Å². The maximum Gasteiger partial charge on any atom is 0.253 e. The third-order valence-corrected chi connectivity index (χ3v) is 4.69. The first-order chi connectivity index (χ1) is 10.5. The summed E-state index contributed by atoms with van der Waals surface area (Å²) in [4.78, 5) is 14.9. The molecule has 0 spiro atoms. The van der Waals surface area contributed by atoms with E-state index < -0.39 is 5.60 Å². The Kier molecular flexibility index (Phi) is 4.49. The van der Waals surface area contributed by atoms with Crippen LogP contribution in [0.15, 0.2) is 12.4 Å². The number of aromatic nitrogens is 2. The van der Waals surface area contributed by atoms with E-state index in [1.165, 1.54) is 18.4 Å². The van der Waals surface area contributed by atoms with E-state index in [0.29, 0.717) is 19.2 Å². The zero-order valence-electron chi connectivity index (χ0n) is 13.5. The maximum atomic E-state index is 12.6. The van der Waals surface area contributed by atoms with Gasteiger partial charge in [0.15, 0.2) is 5.60 Å². The molecule has 0 radical (unpaired) electrons. The van der Waals surface area contributed by atoms with Crippen LogP contribution < -0.4 is 5.32 Å². The molecule has 2 heterocycles. The lowest BCUT2D eigenvalue weighted by Gasteiger charge is -2.39. The number of nitrogens with zero attached hydrogens (tertiary/aromatic N) is 3. The third kappa shape index (κ3) is 3.50. The fraction of sp³-hybridized carbons (Fsp3) is 0.750. The average molecular weight is 306 g/mol. The average Bonchev–Trinajstić information content (AvgIpc) is 3.11. The van der Waals surface area contributed by atoms with Crippen molar-refractivity contribution >= 4 is 5.91 Å². The summed E-state index contributed by atoms with van der Waals surface area (Å²) >= 11 is 0. The molecule has 0 bridgehead atoms. The number of hydrogen-bond donors (Lipinski definition) is 1. The van der Waals surface area contributed by atoms with Crippen LogP contribution in [0.4, 0.5) is 0 Å². The van der Waals surface area contributed by atoms with Gasteiger partial charge in [0, 0.05) is 44.5 Å². The topological polar surface area (TPSA) is 59.4 Å². The number of morpholine rings is 1. The molecule has 0 aromatic carbocycles. The number of aryl methyl sites for hydroxylation is 1. The number of carbonyl (C=O) groups excluding carboxylic acids is 1. The number of rotatable bonds is 4. The van der Waals surface area contributed by atoms with E-state index in [2.05, 4.69) is 15.3 Å². The van der Waals surface area contributed by atoms with Gasteiger partial charge in [-0.2, -0.15) is 5.10 Å². The molecule has 1 aliphatic carbocycles. The lowest BCUT2D eigenvalue weighted by Crippen LogP contribution is -2.59. The van der Waals surface area contributed by atoms with E-state index in [9.17, 15) is 4.79 Å². The molecule has 1 aromatic heterocycles. The first kappa shape index (κ1) is 15.5. The Balaban J connectivity index is 1.59. The molecule has 2 aliphatic rings. The molecule has 1 atom stereocenters. The Bertz CT molecular complexity index is 524. The second kappa shape index (κ2) is 6.38. The van der Waals surface area contributed by atoms with Crippen molar-refractivity contribution in [1.29, 1.82) is 0 Å². The van der Waals surface area contributed by atoms with Gasteiger partial charge in [0.25, 0.3) is 5.91 Å². The van der Waals surface area contributed by atoms with E-state index in [0.717, 1.165) is 25.9 Å². The van der Waals surface area contributed by atoms with Crippen molar-refractivity contribution in [2.75, 3.05) is 19.7 Å². The Hall–Kier alpha value is -1.40. The second-order valence-corrected chi connectivity index (χ2v) is 6.77. The van der Waals surface area contributed by atoms with E-state index in [1.54, 1.807) is 0 Å². The molecule has 6 nitrogen and oxygen atoms in total. The summed E-state index contributed by atoms with van der Waals surface area (Å²) in [7, 11) is 1.92. The van der Waals surface area contributed by atoms with Gasteiger partial charge in [0.05, 0.1) is 12.8 Å². The largest absolute Gasteiger partial charge is 0.363 e. The number of carbonyl (C=O) groups is 1. The van der Waals surface area contributed by atoms with E-state index in [1.807, 2.05) is 31.0 Å². The molecular formula is C16H26N4O2. The zero-order chi connectivity index (χ0) is 15.6. The Morgan fingerprint density at radius 1 is 1.50 bits per heavy atom. The highest BCUT2D eigenvalue weighted by Gasteiger charge is 2.40. The quantitative estimate of drug-likeness (QED) is 0.904. The van der Waals surface area contributed by atoms with Gasteiger partial charge >= 0.3 is 0 Å². The molecule has 1 saturated heterocycles. The molecule has 1 unspecified atom stereocenters. The van der Waals surface area contributed by atoms with Crippen LogP contribution in [0.3, 0.4) is 0 Å². The van der Waals surface area contributed by atoms with Crippen LogP contribution in [0.1, 0.15) is 38.2 Å². The summed E-state index contributed by atoms with van der Waals surface area (Å²) in [5.74, 6) is 0.0373. The van der Waals surface area contributed by atoms with Crippen LogP contribution in [-0.2, 0) is 23.1 Å². The van der Waals surface area contributed by atoms with Gasteiger partial charge in [-0.15, -0.1) is 0 Å². The van der Waals surface area contributed by atoms with E-state index in [4.69, 9.17) is 4.74 Å². The molecule has 1 aromatic rings. The number of amides is 1. The Morgan fingerprint density at radius 3 is 2.95 bits per heavy atom. The van der Waals surface area contributed by atoms with Crippen molar-refractivity contribution in [2.45, 2.75) is 50.8 Å². The normalized spacial score (nSPS) is 27.2. The molecule has 22 heavy (non-hydrogen) atoms. The van der Waals surface area contributed by atoms with Crippen molar-refractivity contribution in [3.05, 3.63) is 18.0 Å². The summed E-state index contributed by atoms with van der Waals surface area (Å²) < 4.78 is 7.64. The van der Waals surface area contributed by atoms with Crippen molar-refractivity contribution in [1.82, 2.24) is 20.0 Å². The fourth-order valence-electron chi connectivity index (χ4n) is 3.44. The minimum absolute atomic E-state index is 0.0373. The summed E-state index contributed by atoms with van der Waals surface area (Å²) in [5, 5.41) is 7.37. The van der Waals surface area contributed by atoms with Crippen molar-refractivity contribution in [3.8, 4) is 0 Å². The highest BCUT2D eigenvalue weighted by Crippen LogP contribution is 2.22. The van der Waals surface area contributed by atoms with Crippen molar-refractivity contribution in [3.63, 3.8) is 0 Å². The first-order valence-corrected chi connectivity index (χ1v) is 8.20. The monoisotopic (exact) mass is 306 g/mol. The lowest BCUT2D eigenvalue weighted by molar-refractivity contribution is -0.157. The molecule has 1 amide bonds. The number of nitrogens with one attached hydrogen (secondary N) is 1. The first-order valence-electron chi connectivity index (χ1n) is 8.20. The Morgan fingerprint density at radius 2 is 2.27 bits per heavy atom. The number of hydrogen-bond acceptors (Lipinski definition) is 4. The fourth-order valence-corrected chi connectivity index (χ4v) is 3.44. The summed E-state index contributed by atoms with van der Waals surface area (Å²) in [5.41, 5.74) is 0.422. The minimum Gasteiger partial charge on any atom is -0.363 e. The zero-order valence-corrected chi connectivity index (χ0v) is 13.5. The third-order valence-electron chi connectivity index (χ3n) is 4.69. The predicted octanol–water partition coefficient (Wildman–Crippen LogP) is 1.07. The van der Waals surface area contributed by atoms with Crippen molar-refractivity contribution < 1.29 is 9.53 Å². The van der Waals surface area contributed by atoms with Crippen molar-refractivity contribution in [2.24, 2.45) is 7.05 Å². The molecule has 122 valence electrons. The summed E-state index contributed by atoms with van der Waals surface area (Å²) in [6.07, 6.45) is 8.53. The van der Waals surface area contributed by atoms with Crippen LogP contribution in [0.25, 0.3) is 0 Å². The van der Waals surface area contributed by atoms with E-state index >= 15 is 0 Å². The molecule has 1 saturated carbocycles. The van der Waals surface area contributed by atoms with Gasteiger partial charge in [-0.3, -0.25) is 14.4 Å². The van der Waals surface area contributed by atoms with Crippen LogP contribution in [0.5, 0.6) is 0 Å². The SMILES string of the molecule is Cn1cc(CN2CCOC(C)(C(=O)NC3CCCC3)C2)cn1. The molecule has 3 rings (SSSR count). The summed E-state index contributed by atoms with van der Waals surface area (Å²) in [6.45, 7) is 4.78. The van der Waals surface area contributed by atoms with E-state index in [-0.39, 0.29) is 5.91 Å². The van der Waals surface area contributed by atoms with Gasteiger partial charge < -0.3 is 10.1 Å². The van der Waals surface area contributed by atoms with Gasteiger partial charge in [-0.1, -0.05) is 12.8 Å². The maximum absolute atomic E-state index is 12.6. The van der Waals surface area contributed by atoms with Crippen LogP contribution in [0.2, 0.25) is 0 Å². The second-order valence-electron chi connectivity index (χ2n) is 6.77. The standard InChI is InChI=1S/C16H26N4O2/c1-16(15(21)18-14-5-3-4-6-14)12-20(7-8-22-16)11-13-9-17-19(2)10-13/h9-10,14H,3-8,11-12H2,1-2H3,(H,18,21). The van der Waals surface area contributed by atoms with Gasteiger partial charge in [0.2, 0.25) is 0 Å². The minimum atomic E-state index is -0.747. The van der Waals surface area contributed by atoms with Crippen LogP contribution in [0, 0.1) is 0 Å². The molecular weight excluding hydrogens is 280 g/mol. The highest BCUT2D eigenvalue weighted by molar-refractivity contribution is 5.85. The molecule has 1 N–H and O–H groups in total. The molecule has 6 heteroatoms. The number of ether oxygens (including phenoxy) is 1. The predicted molar refractivity (Wildman–Crippen MR) is 83.2 cm³/mol. The summed E-state index contributed by atoms with van der Waals surface area (Å²) in [6, 6.07) is 0.335. The molecule has 1 aliphatic heterocycles. The smallest absolute Gasteiger partial charge is 0.253 e. The highest BCUT2D eigenvalue weighted by atomic mass is 16.5. The lowest BCUT2D eigenvalue weighted by atomic mass is 10.0. The van der Waals surface area contributed by atoms with Crippen LogP contribution in [-0.4, -0.2) is 51.9 Å². The molecule has 2 fully saturated rings. The van der Waals surface area contributed by atoms with Crippen LogP contribution >= 0.6 is 0 Å².